The summed E-state index contributed by atoms with van der Waals surface area (Å²) in [5.74, 6) is 0.0413. The predicted molar refractivity (Wildman–Crippen MR) is 83.2 cm³/mol. The molecule has 2 heterocycles. The number of aromatic nitrogens is 1. The molecule has 1 aliphatic heterocycles. The first kappa shape index (κ1) is 13.7. The minimum atomic E-state index is 0.0413. The molecule has 3 N–H and O–H groups in total. The average molecular weight is 285 g/mol. The third-order valence-electron chi connectivity index (χ3n) is 3.86. The second-order valence-corrected chi connectivity index (χ2v) is 5.30. The summed E-state index contributed by atoms with van der Waals surface area (Å²) in [6.45, 7) is 2.00. The highest BCUT2D eigenvalue weighted by Crippen LogP contribution is 2.23. The van der Waals surface area contributed by atoms with Gasteiger partial charge in [0, 0.05) is 43.0 Å². The van der Waals surface area contributed by atoms with Crippen LogP contribution < -0.4 is 5.73 Å². The van der Waals surface area contributed by atoms with E-state index in [1.165, 1.54) is 5.57 Å². The lowest BCUT2D eigenvalue weighted by atomic mass is 10.1. The van der Waals surface area contributed by atoms with E-state index in [0.717, 1.165) is 23.9 Å². The third kappa shape index (κ3) is 2.64. The van der Waals surface area contributed by atoms with Crippen LogP contribution in [0.5, 0.6) is 0 Å². The maximum absolute atomic E-state index is 12.7. The van der Waals surface area contributed by atoms with E-state index in [9.17, 15) is 4.79 Å². The fourth-order valence-electron chi connectivity index (χ4n) is 2.70. The molecular weight excluding hydrogens is 266 g/mol. The number of aromatic amines is 1. The minimum Gasteiger partial charge on any atom is -0.399 e. The zero-order valence-electron chi connectivity index (χ0n) is 12.1. The first-order chi connectivity index (χ1) is 10.2. The van der Waals surface area contributed by atoms with Gasteiger partial charge in [0.25, 0.3) is 5.91 Å². The van der Waals surface area contributed by atoms with E-state index in [2.05, 4.69) is 11.1 Å². The van der Waals surface area contributed by atoms with Gasteiger partial charge < -0.3 is 20.4 Å². The second kappa shape index (κ2) is 5.61. The van der Waals surface area contributed by atoms with Gasteiger partial charge in [-0.25, -0.2) is 0 Å². The minimum absolute atomic E-state index is 0.0413. The molecule has 0 radical (unpaired) electrons. The van der Waals surface area contributed by atoms with Gasteiger partial charge in [-0.05, 0) is 30.2 Å². The van der Waals surface area contributed by atoms with E-state index in [4.69, 9.17) is 10.5 Å². The highest BCUT2D eigenvalue weighted by atomic mass is 16.5. The van der Waals surface area contributed by atoms with E-state index in [1.54, 1.807) is 13.3 Å². The summed E-state index contributed by atoms with van der Waals surface area (Å²) in [6, 6.07) is 5.57. The number of nitrogens with one attached hydrogen (secondary N) is 1. The van der Waals surface area contributed by atoms with Gasteiger partial charge in [0.2, 0.25) is 0 Å². The van der Waals surface area contributed by atoms with E-state index in [-0.39, 0.29) is 5.91 Å². The summed E-state index contributed by atoms with van der Waals surface area (Å²) in [5.41, 5.74) is 9.35. The molecule has 0 spiro atoms. The summed E-state index contributed by atoms with van der Waals surface area (Å²) in [5, 5.41) is 0.881. The first-order valence-electron chi connectivity index (χ1n) is 7.02. The molecule has 1 aromatic carbocycles. The molecule has 2 aromatic rings. The Morgan fingerprint density at radius 2 is 2.33 bits per heavy atom. The molecule has 3 rings (SSSR count). The second-order valence-electron chi connectivity index (χ2n) is 5.30. The summed E-state index contributed by atoms with van der Waals surface area (Å²) in [7, 11) is 1.69. The van der Waals surface area contributed by atoms with Crippen molar-refractivity contribution in [2.45, 2.75) is 6.42 Å². The predicted octanol–water partition coefficient (Wildman–Crippen LogP) is 2.17. The SMILES string of the molecule is COCC1=CCN(C(=O)c2c[nH]c3ccc(N)cc23)CC1. The van der Waals surface area contributed by atoms with Crippen LogP contribution in [0.3, 0.4) is 0 Å². The van der Waals surface area contributed by atoms with E-state index in [0.29, 0.717) is 24.4 Å². The number of anilines is 1. The largest absolute Gasteiger partial charge is 0.399 e. The molecule has 0 unspecified atom stereocenters. The lowest BCUT2D eigenvalue weighted by molar-refractivity contribution is 0.0767. The van der Waals surface area contributed by atoms with Gasteiger partial charge in [-0.1, -0.05) is 6.08 Å². The summed E-state index contributed by atoms with van der Waals surface area (Å²) < 4.78 is 5.13. The quantitative estimate of drug-likeness (QED) is 0.670. The maximum Gasteiger partial charge on any atom is 0.256 e. The van der Waals surface area contributed by atoms with Crippen molar-refractivity contribution in [3.8, 4) is 0 Å². The van der Waals surface area contributed by atoms with Gasteiger partial charge in [-0.3, -0.25) is 4.79 Å². The molecule has 0 fully saturated rings. The lowest BCUT2D eigenvalue weighted by Gasteiger charge is -2.26. The van der Waals surface area contributed by atoms with Crippen LogP contribution in [0.2, 0.25) is 0 Å². The molecule has 21 heavy (non-hydrogen) atoms. The zero-order valence-corrected chi connectivity index (χ0v) is 12.1. The Labute approximate surface area is 123 Å². The Morgan fingerprint density at radius 1 is 1.48 bits per heavy atom. The highest BCUT2D eigenvalue weighted by Gasteiger charge is 2.21. The Hall–Kier alpha value is -2.27. The summed E-state index contributed by atoms with van der Waals surface area (Å²) >= 11 is 0. The molecule has 110 valence electrons. The van der Waals surface area contributed by atoms with Gasteiger partial charge in [0.05, 0.1) is 12.2 Å². The number of carbonyl (C=O) groups is 1. The molecule has 0 bridgehead atoms. The van der Waals surface area contributed by atoms with Crippen molar-refractivity contribution in [3.05, 3.63) is 41.6 Å². The smallest absolute Gasteiger partial charge is 0.256 e. The molecule has 0 aliphatic carbocycles. The van der Waals surface area contributed by atoms with Gasteiger partial charge >= 0.3 is 0 Å². The molecular formula is C16H19N3O2. The third-order valence-corrected chi connectivity index (χ3v) is 3.86. The average Bonchev–Trinajstić information content (AvgIpc) is 2.90. The maximum atomic E-state index is 12.7. The van der Waals surface area contributed by atoms with Crippen molar-refractivity contribution in [2.75, 3.05) is 32.5 Å². The Morgan fingerprint density at radius 3 is 3.05 bits per heavy atom. The van der Waals surface area contributed by atoms with Gasteiger partial charge in [0.1, 0.15) is 0 Å². The van der Waals surface area contributed by atoms with Crippen LogP contribution in [-0.4, -0.2) is 42.6 Å². The number of nitrogen functional groups attached to an aromatic ring is 1. The van der Waals surface area contributed by atoms with Crippen LogP contribution in [0.1, 0.15) is 16.8 Å². The Kier molecular flexibility index (Phi) is 3.66. The van der Waals surface area contributed by atoms with E-state index < -0.39 is 0 Å². The fraction of sp³-hybridized carbons (Fsp3) is 0.312. The van der Waals surface area contributed by atoms with Gasteiger partial charge in [0.15, 0.2) is 0 Å². The summed E-state index contributed by atoms with van der Waals surface area (Å²) in [6.07, 6.45) is 4.71. The number of H-pyrrole nitrogens is 1. The van der Waals surface area contributed by atoms with Gasteiger partial charge in [-0.15, -0.1) is 0 Å². The topological polar surface area (TPSA) is 71.3 Å². The van der Waals surface area contributed by atoms with E-state index >= 15 is 0 Å². The number of methoxy groups -OCH3 is 1. The number of rotatable bonds is 3. The summed E-state index contributed by atoms with van der Waals surface area (Å²) in [4.78, 5) is 17.6. The van der Waals surface area contributed by atoms with Crippen LogP contribution in [0, 0.1) is 0 Å². The number of benzene rings is 1. The molecule has 0 saturated carbocycles. The van der Waals surface area contributed by atoms with Crippen LogP contribution in [0.25, 0.3) is 10.9 Å². The normalized spacial score (nSPS) is 15.3. The number of hydrogen-bond donors (Lipinski definition) is 2. The monoisotopic (exact) mass is 285 g/mol. The van der Waals surface area contributed by atoms with Gasteiger partial charge in [-0.2, -0.15) is 0 Å². The molecule has 1 aliphatic rings. The van der Waals surface area contributed by atoms with Crippen molar-refractivity contribution < 1.29 is 9.53 Å². The lowest BCUT2D eigenvalue weighted by Crippen LogP contribution is -2.35. The number of amides is 1. The number of ether oxygens (including phenoxy) is 1. The van der Waals surface area contributed by atoms with Crippen LogP contribution in [0.15, 0.2) is 36.0 Å². The molecule has 1 aromatic heterocycles. The van der Waals surface area contributed by atoms with Crippen molar-refractivity contribution in [2.24, 2.45) is 0 Å². The molecule has 1 amide bonds. The molecule has 0 atom stereocenters. The number of carbonyl (C=O) groups excluding carboxylic acids is 1. The Bertz CT molecular complexity index is 703. The number of nitrogens with two attached hydrogens (primary N) is 1. The number of nitrogens with zero attached hydrogens (tertiary/aromatic N) is 1. The van der Waals surface area contributed by atoms with Crippen LogP contribution in [-0.2, 0) is 4.74 Å². The fourth-order valence-corrected chi connectivity index (χ4v) is 2.70. The van der Waals surface area contributed by atoms with Crippen LogP contribution in [0.4, 0.5) is 5.69 Å². The Balaban J connectivity index is 1.83. The van der Waals surface area contributed by atoms with Crippen molar-refractivity contribution >= 4 is 22.5 Å². The highest BCUT2D eigenvalue weighted by molar-refractivity contribution is 6.07. The number of fused-ring (bicyclic) bond motifs is 1. The van der Waals surface area contributed by atoms with Crippen molar-refractivity contribution in [1.29, 1.82) is 0 Å². The van der Waals surface area contributed by atoms with Crippen molar-refractivity contribution in [1.82, 2.24) is 9.88 Å². The molecule has 5 nitrogen and oxygen atoms in total. The number of hydrogen-bond acceptors (Lipinski definition) is 3. The zero-order chi connectivity index (χ0) is 14.8. The molecule has 5 heteroatoms. The van der Waals surface area contributed by atoms with E-state index in [1.807, 2.05) is 23.1 Å². The standard InChI is InChI=1S/C16H19N3O2/c1-21-10-11-4-6-19(7-5-11)16(20)14-9-18-15-3-2-12(17)8-13(14)15/h2-4,8-9,18H,5-7,10,17H2,1H3. The van der Waals surface area contributed by atoms with Crippen LogP contribution >= 0.6 is 0 Å². The van der Waals surface area contributed by atoms with Crippen molar-refractivity contribution in [3.63, 3.8) is 0 Å². The molecule has 0 saturated heterocycles. The first-order valence-corrected chi connectivity index (χ1v) is 7.02.